The number of nitrogens with zero attached hydrogens (tertiary/aromatic N) is 1. The summed E-state index contributed by atoms with van der Waals surface area (Å²) in [4.78, 5) is 19.5. The molecule has 0 bridgehead atoms. The Morgan fingerprint density at radius 2 is 2.06 bits per heavy atom. The minimum atomic E-state index is -0.135. The molecule has 100 valence electrons. The molecule has 0 aromatic carbocycles. The third-order valence-electron chi connectivity index (χ3n) is 3.13. The third kappa shape index (κ3) is 2.77. The second-order valence-corrected chi connectivity index (χ2v) is 6.96. The molecule has 1 aromatic rings. The Balaban J connectivity index is 2.45. The molecule has 18 heavy (non-hydrogen) atoms. The smallest absolute Gasteiger partial charge is 0.264 e. The molecule has 0 saturated carbocycles. The number of hydrogen-bond donors (Lipinski definition) is 1. The van der Waals surface area contributed by atoms with E-state index < -0.39 is 0 Å². The van der Waals surface area contributed by atoms with Crippen molar-refractivity contribution < 1.29 is 4.74 Å². The van der Waals surface area contributed by atoms with Crippen LogP contribution in [0.25, 0.3) is 0 Å². The van der Waals surface area contributed by atoms with Crippen molar-refractivity contribution in [1.29, 1.82) is 0 Å². The molecule has 1 saturated heterocycles. The molecular formula is C13H19IN2O2. The molecule has 1 aromatic heterocycles. The first kappa shape index (κ1) is 14.0. The van der Waals surface area contributed by atoms with Gasteiger partial charge in [-0.2, -0.15) is 0 Å². The van der Waals surface area contributed by atoms with Crippen LogP contribution in [-0.4, -0.2) is 16.1 Å². The SMILES string of the molecule is CC1CCC(c2nc(C(C)(C)C)c(I)c(=O)[nH]2)O1. The van der Waals surface area contributed by atoms with Gasteiger partial charge in [-0.3, -0.25) is 4.79 Å². The summed E-state index contributed by atoms with van der Waals surface area (Å²) in [6, 6.07) is 0. The molecular weight excluding hydrogens is 343 g/mol. The molecule has 0 spiro atoms. The van der Waals surface area contributed by atoms with Crippen LogP contribution in [0.3, 0.4) is 0 Å². The summed E-state index contributed by atoms with van der Waals surface area (Å²) in [5.41, 5.74) is 0.655. The summed E-state index contributed by atoms with van der Waals surface area (Å²) in [6.45, 7) is 8.26. The predicted molar refractivity (Wildman–Crippen MR) is 78.8 cm³/mol. The van der Waals surface area contributed by atoms with Crippen molar-refractivity contribution in [3.63, 3.8) is 0 Å². The van der Waals surface area contributed by atoms with Crippen LogP contribution >= 0.6 is 22.6 Å². The van der Waals surface area contributed by atoms with E-state index in [4.69, 9.17) is 4.74 Å². The highest BCUT2D eigenvalue weighted by molar-refractivity contribution is 14.1. The number of aromatic nitrogens is 2. The number of halogens is 1. The van der Waals surface area contributed by atoms with Crippen molar-refractivity contribution in [3.8, 4) is 0 Å². The molecule has 2 atom stereocenters. The second-order valence-electron chi connectivity index (χ2n) is 5.88. The maximum atomic E-state index is 12.0. The molecule has 2 heterocycles. The fraction of sp³-hybridized carbons (Fsp3) is 0.692. The van der Waals surface area contributed by atoms with Gasteiger partial charge in [-0.15, -0.1) is 0 Å². The van der Waals surface area contributed by atoms with Crippen LogP contribution in [0.5, 0.6) is 0 Å². The lowest BCUT2D eigenvalue weighted by atomic mass is 9.92. The maximum absolute atomic E-state index is 12.0. The summed E-state index contributed by atoms with van der Waals surface area (Å²) < 4.78 is 6.45. The van der Waals surface area contributed by atoms with E-state index in [0.29, 0.717) is 9.39 Å². The fourth-order valence-corrected chi connectivity index (χ4v) is 3.19. The molecule has 2 rings (SSSR count). The summed E-state index contributed by atoms with van der Waals surface area (Å²) in [5.74, 6) is 0.676. The third-order valence-corrected chi connectivity index (χ3v) is 4.13. The minimum absolute atomic E-state index is 0.0614. The molecule has 2 unspecified atom stereocenters. The number of ether oxygens (including phenoxy) is 1. The van der Waals surface area contributed by atoms with E-state index in [-0.39, 0.29) is 23.2 Å². The first-order chi connectivity index (χ1) is 8.29. The van der Waals surface area contributed by atoms with Gasteiger partial charge in [-0.25, -0.2) is 4.98 Å². The van der Waals surface area contributed by atoms with Crippen molar-refractivity contribution in [1.82, 2.24) is 9.97 Å². The minimum Gasteiger partial charge on any atom is -0.367 e. The van der Waals surface area contributed by atoms with Gasteiger partial charge in [-0.05, 0) is 42.4 Å². The Labute approximate surface area is 121 Å². The summed E-state index contributed by atoms with van der Waals surface area (Å²) in [6.07, 6.45) is 2.13. The number of rotatable bonds is 1. The van der Waals surface area contributed by atoms with Gasteiger partial charge >= 0.3 is 0 Å². The number of nitrogens with one attached hydrogen (secondary N) is 1. The fourth-order valence-electron chi connectivity index (χ4n) is 2.13. The van der Waals surface area contributed by atoms with E-state index in [0.717, 1.165) is 18.5 Å². The van der Waals surface area contributed by atoms with Crippen molar-refractivity contribution in [2.45, 2.75) is 58.2 Å². The first-order valence-corrected chi connectivity index (χ1v) is 7.32. The zero-order chi connectivity index (χ0) is 13.5. The Bertz CT molecular complexity index is 505. The number of aromatic amines is 1. The molecule has 0 amide bonds. The van der Waals surface area contributed by atoms with E-state index in [1.54, 1.807) is 0 Å². The van der Waals surface area contributed by atoms with E-state index >= 15 is 0 Å². The van der Waals surface area contributed by atoms with Crippen LogP contribution in [0.2, 0.25) is 0 Å². The van der Waals surface area contributed by atoms with Gasteiger partial charge in [0, 0.05) is 5.41 Å². The van der Waals surface area contributed by atoms with Crippen LogP contribution in [-0.2, 0) is 10.2 Å². The van der Waals surface area contributed by atoms with E-state index in [9.17, 15) is 4.79 Å². The Hall–Kier alpha value is -0.430. The van der Waals surface area contributed by atoms with Crippen molar-refractivity contribution in [3.05, 3.63) is 25.4 Å². The Kier molecular flexibility index (Phi) is 3.82. The first-order valence-electron chi connectivity index (χ1n) is 6.24. The molecule has 1 fully saturated rings. The highest BCUT2D eigenvalue weighted by atomic mass is 127. The highest BCUT2D eigenvalue weighted by Crippen LogP contribution is 2.31. The number of hydrogen-bond acceptors (Lipinski definition) is 3. The van der Waals surface area contributed by atoms with Crippen LogP contribution < -0.4 is 5.56 Å². The molecule has 0 radical (unpaired) electrons. The number of H-pyrrole nitrogens is 1. The lowest BCUT2D eigenvalue weighted by Gasteiger charge is -2.21. The molecule has 5 heteroatoms. The summed E-state index contributed by atoms with van der Waals surface area (Å²) in [5, 5.41) is 0. The lowest BCUT2D eigenvalue weighted by molar-refractivity contribution is 0.0498. The molecule has 1 N–H and O–H groups in total. The van der Waals surface area contributed by atoms with E-state index in [2.05, 4.69) is 60.3 Å². The van der Waals surface area contributed by atoms with Gasteiger partial charge in [0.2, 0.25) is 0 Å². The van der Waals surface area contributed by atoms with Gasteiger partial charge in [0.1, 0.15) is 15.5 Å². The lowest BCUT2D eigenvalue weighted by Crippen LogP contribution is -2.26. The topological polar surface area (TPSA) is 55.0 Å². The summed E-state index contributed by atoms with van der Waals surface area (Å²) >= 11 is 2.07. The van der Waals surface area contributed by atoms with Gasteiger partial charge in [0.05, 0.1) is 11.8 Å². The normalized spacial score (nSPS) is 24.5. The molecule has 1 aliphatic rings. The van der Waals surface area contributed by atoms with Gasteiger partial charge in [0.25, 0.3) is 5.56 Å². The van der Waals surface area contributed by atoms with Crippen LogP contribution in [0.15, 0.2) is 4.79 Å². The zero-order valence-electron chi connectivity index (χ0n) is 11.2. The maximum Gasteiger partial charge on any atom is 0.264 e. The molecule has 4 nitrogen and oxygen atoms in total. The largest absolute Gasteiger partial charge is 0.367 e. The quantitative estimate of drug-likeness (QED) is 0.782. The highest BCUT2D eigenvalue weighted by Gasteiger charge is 2.28. The van der Waals surface area contributed by atoms with Gasteiger partial charge in [-0.1, -0.05) is 20.8 Å². The van der Waals surface area contributed by atoms with Crippen molar-refractivity contribution >= 4 is 22.6 Å². The van der Waals surface area contributed by atoms with Crippen LogP contribution in [0.4, 0.5) is 0 Å². The molecule has 1 aliphatic heterocycles. The predicted octanol–water partition coefficient (Wildman–Crippen LogP) is 2.91. The van der Waals surface area contributed by atoms with E-state index in [1.165, 1.54) is 0 Å². The monoisotopic (exact) mass is 362 g/mol. The van der Waals surface area contributed by atoms with Gasteiger partial charge < -0.3 is 9.72 Å². The summed E-state index contributed by atoms with van der Waals surface area (Å²) in [7, 11) is 0. The second kappa shape index (κ2) is 4.92. The Morgan fingerprint density at radius 1 is 1.39 bits per heavy atom. The zero-order valence-corrected chi connectivity index (χ0v) is 13.4. The van der Waals surface area contributed by atoms with Crippen molar-refractivity contribution in [2.75, 3.05) is 0 Å². The molecule has 0 aliphatic carbocycles. The average Bonchev–Trinajstić information content (AvgIpc) is 2.67. The van der Waals surface area contributed by atoms with Crippen molar-refractivity contribution in [2.24, 2.45) is 0 Å². The Morgan fingerprint density at radius 3 is 2.56 bits per heavy atom. The standard InChI is InChI=1S/C13H19IN2O2/c1-7-5-6-8(18-7)11-15-10(13(2,3)4)9(14)12(17)16-11/h7-8H,5-6H2,1-4H3,(H,15,16,17). The van der Waals surface area contributed by atoms with Gasteiger partial charge in [0.15, 0.2) is 0 Å². The average molecular weight is 362 g/mol. The van der Waals surface area contributed by atoms with E-state index in [1.807, 2.05) is 0 Å². The van der Waals surface area contributed by atoms with Crippen LogP contribution in [0.1, 0.15) is 58.2 Å². The van der Waals surface area contributed by atoms with Crippen LogP contribution in [0, 0.1) is 3.57 Å².